The molecule has 3 N–H and O–H groups in total. The zero-order valence-corrected chi connectivity index (χ0v) is 17.2. The molecule has 1 aromatic heterocycles. The fourth-order valence-corrected chi connectivity index (χ4v) is 4.00. The molecule has 0 bridgehead atoms. The number of methoxy groups -OCH3 is 2. The van der Waals surface area contributed by atoms with E-state index in [-0.39, 0.29) is 5.91 Å². The average Bonchev–Trinajstić information content (AvgIpc) is 3.02. The quantitative estimate of drug-likeness (QED) is 0.573. The molecule has 0 saturated carbocycles. The van der Waals surface area contributed by atoms with Crippen molar-refractivity contribution < 1.29 is 14.3 Å². The van der Waals surface area contributed by atoms with Gasteiger partial charge in [0.2, 0.25) is 0 Å². The van der Waals surface area contributed by atoms with Crippen molar-refractivity contribution in [3.63, 3.8) is 0 Å². The van der Waals surface area contributed by atoms with Gasteiger partial charge in [-0.05, 0) is 60.6 Å². The lowest BCUT2D eigenvalue weighted by atomic mass is 10.1. The lowest BCUT2D eigenvalue weighted by molar-refractivity contribution is 0.0958. The van der Waals surface area contributed by atoms with E-state index in [2.05, 4.69) is 5.32 Å². The summed E-state index contributed by atoms with van der Waals surface area (Å²) in [4.78, 5) is 13.0. The van der Waals surface area contributed by atoms with Crippen molar-refractivity contribution in [3.05, 3.63) is 62.9 Å². The van der Waals surface area contributed by atoms with Crippen LogP contribution in [0.1, 0.15) is 15.2 Å². The van der Waals surface area contributed by atoms with Crippen molar-refractivity contribution in [1.29, 1.82) is 0 Å². The van der Waals surface area contributed by atoms with Crippen molar-refractivity contribution in [1.82, 2.24) is 9.88 Å². The summed E-state index contributed by atoms with van der Waals surface area (Å²) >= 11 is 6.61. The molecule has 1 amide bonds. The van der Waals surface area contributed by atoms with E-state index in [1.165, 1.54) is 11.3 Å². The molecule has 0 aliphatic heterocycles. The highest BCUT2D eigenvalue weighted by molar-refractivity contribution is 7.73. The smallest absolute Gasteiger partial charge is 0.265 e. The van der Waals surface area contributed by atoms with Crippen molar-refractivity contribution in [2.24, 2.45) is 0 Å². The normalized spacial score (nSPS) is 10.5. The van der Waals surface area contributed by atoms with Gasteiger partial charge in [0.05, 0.1) is 14.2 Å². The molecule has 0 aliphatic rings. The number of aromatic nitrogens is 1. The number of rotatable bonds is 7. The van der Waals surface area contributed by atoms with Crippen LogP contribution in [0.3, 0.4) is 0 Å². The van der Waals surface area contributed by atoms with E-state index in [1.807, 2.05) is 48.5 Å². The van der Waals surface area contributed by atoms with Gasteiger partial charge in [0, 0.05) is 12.2 Å². The Bertz CT molecular complexity index is 1010. The second-order valence-corrected chi connectivity index (χ2v) is 7.61. The maximum atomic E-state index is 12.6. The van der Waals surface area contributed by atoms with Crippen LogP contribution < -0.4 is 20.5 Å². The van der Waals surface area contributed by atoms with Gasteiger partial charge in [-0.3, -0.25) is 9.36 Å². The molecule has 0 radical (unpaired) electrons. The molecule has 0 aliphatic carbocycles. The minimum atomic E-state index is -0.227. The first-order chi connectivity index (χ1) is 13.5. The summed E-state index contributed by atoms with van der Waals surface area (Å²) in [7, 11) is 3.24. The van der Waals surface area contributed by atoms with E-state index < -0.39 is 0 Å². The van der Waals surface area contributed by atoms with Crippen LogP contribution >= 0.6 is 23.6 Å². The highest BCUT2D eigenvalue weighted by Crippen LogP contribution is 2.27. The van der Waals surface area contributed by atoms with Crippen LogP contribution in [-0.4, -0.2) is 31.2 Å². The van der Waals surface area contributed by atoms with Crippen LogP contribution in [0.4, 0.5) is 5.82 Å². The average molecular weight is 416 g/mol. The van der Waals surface area contributed by atoms with Gasteiger partial charge in [0.15, 0.2) is 3.95 Å². The SMILES string of the molecule is COc1ccc(CCNC(=O)c2sc(=S)n(-c3ccc(OC)cc3)c2N)cc1. The van der Waals surface area contributed by atoms with Gasteiger partial charge in [-0.25, -0.2) is 0 Å². The fourth-order valence-electron chi connectivity index (χ4n) is 2.72. The van der Waals surface area contributed by atoms with Crippen LogP contribution in [-0.2, 0) is 6.42 Å². The Hall–Kier alpha value is -2.84. The third-order valence-corrected chi connectivity index (χ3v) is 5.63. The molecule has 8 heteroatoms. The number of nitrogens with two attached hydrogens (primary N) is 1. The zero-order chi connectivity index (χ0) is 20.1. The number of carbonyl (C=O) groups excluding carboxylic acids is 1. The lowest BCUT2D eigenvalue weighted by Gasteiger charge is -2.08. The maximum Gasteiger partial charge on any atom is 0.265 e. The Balaban J connectivity index is 1.69. The van der Waals surface area contributed by atoms with Crippen LogP contribution in [0.25, 0.3) is 5.69 Å². The number of amides is 1. The van der Waals surface area contributed by atoms with Gasteiger partial charge in [-0.2, -0.15) is 0 Å². The summed E-state index contributed by atoms with van der Waals surface area (Å²) in [6.07, 6.45) is 0.709. The van der Waals surface area contributed by atoms with E-state index >= 15 is 0 Å². The molecule has 3 rings (SSSR count). The number of benzene rings is 2. The summed E-state index contributed by atoms with van der Waals surface area (Å²) in [5.74, 6) is 1.65. The fraction of sp³-hybridized carbons (Fsp3) is 0.200. The minimum absolute atomic E-state index is 0.227. The number of nitrogen functional groups attached to an aromatic ring is 1. The predicted octanol–water partition coefficient (Wildman–Crippen LogP) is 3.84. The number of nitrogens with one attached hydrogen (secondary N) is 1. The van der Waals surface area contributed by atoms with Crippen LogP contribution in [0.15, 0.2) is 48.5 Å². The first kappa shape index (κ1) is 19.9. The van der Waals surface area contributed by atoms with Crippen molar-refractivity contribution in [2.75, 3.05) is 26.5 Å². The molecular weight excluding hydrogens is 394 g/mol. The number of hydrogen-bond donors (Lipinski definition) is 2. The Morgan fingerprint density at radius 3 is 2.21 bits per heavy atom. The highest BCUT2D eigenvalue weighted by atomic mass is 32.1. The molecule has 28 heavy (non-hydrogen) atoms. The summed E-state index contributed by atoms with van der Waals surface area (Å²) in [5, 5.41) is 2.91. The molecule has 0 atom stereocenters. The molecule has 0 saturated heterocycles. The number of nitrogens with zero attached hydrogens (tertiary/aromatic N) is 1. The maximum absolute atomic E-state index is 12.6. The molecule has 0 unspecified atom stereocenters. The summed E-state index contributed by atoms with van der Waals surface area (Å²) < 4.78 is 12.5. The van der Waals surface area contributed by atoms with Crippen molar-refractivity contribution in [3.8, 4) is 17.2 Å². The molecule has 0 spiro atoms. The predicted molar refractivity (Wildman–Crippen MR) is 114 cm³/mol. The highest BCUT2D eigenvalue weighted by Gasteiger charge is 2.17. The van der Waals surface area contributed by atoms with E-state index in [0.29, 0.717) is 27.6 Å². The molecule has 1 heterocycles. The van der Waals surface area contributed by atoms with E-state index in [0.717, 1.165) is 22.7 Å². The summed E-state index contributed by atoms with van der Waals surface area (Å²) in [6, 6.07) is 15.1. The first-order valence-corrected chi connectivity index (χ1v) is 9.83. The van der Waals surface area contributed by atoms with Gasteiger partial charge >= 0.3 is 0 Å². The number of carbonyl (C=O) groups is 1. The van der Waals surface area contributed by atoms with Crippen molar-refractivity contribution in [2.45, 2.75) is 6.42 Å². The summed E-state index contributed by atoms with van der Waals surface area (Å²) in [6.45, 7) is 0.498. The molecule has 2 aromatic carbocycles. The Kier molecular flexibility index (Phi) is 6.33. The van der Waals surface area contributed by atoms with Crippen LogP contribution in [0, 0.1) is 3.95 Å². The van der Waals surface area contributed by atoms with Crippen LogP contribution in [0.5, 0.6) is 11.5 Å². The number of thiazole rings is 1. The standard InChI is InChI=1S/C20H21N3O3S2/c1-25-15-7-3-13(4-8-15)11-12-22-19(24)17-18(21)23(20(27)28-17)14-5-9-16(26-2)10-6-14/h3-10H,11-12,21H2,1-2H3,(H,22,24). The molecule has 0 fully saturated rings. The summed E-state index contributed by atoms with van der Waals surface area (Å²) in [5.41, 5.74) is 8.12. The zero-order valence-electron chi connectivity index (χ0n) is 15.6. The molecule has 146 valence electrons. The second-order valence-electron chi connectivity index (χ2n) is 5.97. The van der Waals surface area contributed by atoms with Crippen molar-refractivity contribution >= 4 is 35.3 Å². The largest absolute Gasteiger partial charge is 0.497 e. The first-order valence-electron chi connectivity index (χ1n) is 8.60. The van der Waals surface area contributed by atoms with Gasteiger partial charge in [0.25, 0.3) is 5.91 Å². The molecule has 3 aromatic rings. The van der Waals surface area contributed by atoms with Gasteiger partial charge in [-0.1, -0.05) is 23.5 Å². The minimum Gasteiger partial charge on any atom is -0.497 e. The van der Waals surface area contributed by atoms with E-state index in [9.17, 15) is 4.79 Å². The Labute approximate surface area is 172 Å². The molecule has 6 nitrogen and oxygen atoms in total. The number of ether oxygens (including phenoxy) is 2. The van der Waals surface area contributed by atoms with Gasteiger partial charge in [0.1, 0.15) is 22.2 Å². The topological polar surface area (TPSA) is 78.5 Å². The third kappa shape index (κ3) is 4.35. The Morgan fingerprint density at radius 1 is 1.07 bits per heavy atom. The second kappa shape index (κ2) is 8.90. The Morgan fingerprint density at radius 2 is 1.64 bits per heavy atom. The van der Waals surface area contributed by atoms with Crippen LogP contribution in [0.2, 0.25) is 0 Å². The third-order valence-electron chi connectivity index (χ3n) is 4.24. The van der Waals surface area contributed by atoms with E-state index in [4.69, 9.17) is 27.4 Å². The monoisotopic (exact) mass is 415 g/mol. The number of hydrogen-bond acceptors (Lipinski definition) is 6. The van der Waals surface area contributed by atoms with Gasteiger partial charge in [-0.15, -0.1) is 0 Å². The lowest BCUT2D eigenvalue weighted by Crippen LogP contribution is -2.25. The van der Waals surface area contributed by atoms with Gasteiger partial charge < -0.3 is 20.5 Å². The molecular formula is C20H21N3O3S2. The van der Waals surface area contributed by atoms with E-state index in [1.54, 1.807) is 18.8 Å². The number of anilines is 1.